The number of hydrogen-bond donors (Lipinski definition) is 2. The number of thiophene rings is 1. The Morgan fingerprint density at radius 3 is 2.26 bits per heavy atom. The van der Waals surface area contributed by atoms with Crippen LogP contribution in [0.25, 0.3) is 0 Å². The van der Waals surface area contributed by atoms with E-state index < -0.39 is 0 Å². The van der Waals surface area contributed by atoms with Crippen molar-refractivity contribution in [3.8, 4) is 0 Å². The summed E-state index contributed by atoms with van der Waals surface area (Å²) < 4.78 is 0. The van der Waals surface area contributed by atoms with E-state index in [1.165, 1.54) is 11.3 Å². The summed E-state index contributed by atoms with van der Waals surface area (Å²) in [5.41, 5.74) is 2.81. The van der Waals surface area contributed by atoms with Gasteiger partial charge in [0.1, 0.15) is 0 Å². The molecular formula is C23H19N3O4S. The van der Waals surface area contributed by atoms with E-state index >= 15 is 0 Å². The molecule has 0 atom stereocenters. The van der Waals surface area contributed by atoms with Crippen LogP contribution in [0.5, 0.6) is 0 Å². The van der Waals surface area contributed by atoms with Crippen LogP contribution < -0.4 is 10.6 Å². The smallest absolute Gasteiger partial charge is 0.265 e. The maximum atomic E-state index is 12.5. The molecule has 2 N–H and O–H groups in total. The van der Waals surface area contributed by atoms with E-state index in [1.54, 1.807) is 54.6 Å². The van der Waals surface area contributed by atoms with Crippen LogP contribution in [0, 0.1) is 6.92 Å². The van der Waals surface area contributed by atoms with Crippen molar-refractivity contribution in [2.45, 2.75) is 13.3 Å². The van der Waals surface area contributed by atoms with Gasteiger partial charge in [0.2, 0.25) is 5.91 Å². The Balaban J connectivity index is 1.31. The topological polar surface area (TPSA) is 95.6 Å². The summed E-state index contributed by atoms with van der Waals surface area (Å²) in [7, 11) is 0. The molecule has 2 heterocycles. The second-order valence-electron chi connectivity index (χ2n) is 7.12. The van der Waals surface area contributed by atoms with E-state index in [0.29, 0.717) is 27.4 Å². The first kappa shape index (κ1) is 20.5. The maximum absolute atomic E-state index is 12.5. The van der Waals surface area contributed by atoms with Crippen molar-refractivity contribution in [2.75, 3.05) is 17.2 Å². The predicted octanol–water partition coefficient (Wildman–Crippen LogP) is 3.93. The molecule has 1 aromatic heterocycles. The fraction of sp³-hybridized carbons (Fsp3) is 0.130. The van der Waals surface area contributed by atoms with E-state index in [0.717, 1.165) is 10.5 Å². The molecule has 0 saturated heterocycles. The third kappa shape index (κ3) is 4.39. The van der Waals surface area contributed by atoms with Gasteiger partial charge in [0.05, 0.1) is 16.0 Å². The summed E-state index contributed by atoms with van der Waals surface area (Å²) in [6.45, 7) is 1.86. The molecule has 2 aromatic carbocycles. The van der Waals surface area contributed by atoms with Crippen LogP contribution in [0.2, 0.25) is 0 Å². The van der Waals surface area contributed by atoms with Gasteiger partial charge in [-0.1, -0.05) is 17.7 Å². The lowest BCUT2D eigenvalue weighted by atomic mass is 10.1. The third-order valence-electron chi connectivity index (χ3n) is 4.86. The minimum Gasteiger partial charge on any atom is -0.326 e. The van der Waals surface area contributed by atoms with Crippen molar-refractivity contribution in [1.82, 2.24) is 4.90 Å². The lowest BCUT2D eigenvalue weighted by Crippen LogP contribution is -2.32. The van der Waals surface area contributed by atoms with Gasteiger partial charge in [-0.05, 0) is 54.8 Å². The molecule has 0 radical (unpaired) electrons. The maximum Gasteiger partial charge on any atom is 0.265 e. The molecule has 0 aliphatic carbocycles. The Kier molecular flexibility index (Phi) is 5.64. The van der Waals surface area contributed by atoms with Gasteiger partial charge >= 0.3 is 0 Å². The number of anilines is 2. The van der Waals surface area contributed by atoms with Gasteiger partial charge in [-0.15, -0.1) is 11.3 Å². The second kappa shape index (κ2) is 8.53. The second-order valence-corrected chi connectivity index (χ2v) is 8.07. The summed E-state index contributed by atoms with van der Waals surface area (Å²) in [5, 5.41) is 7.35. The predicted molar refractivity (Wildman–Crippen MR) is 119 cm³/mol. The minimum atomic E-state index is -0.376. The third-order valence-corrected chi connectivity index (χ3v) is 5.73. The van der Waals surface area contributed by atoms with Gasteiger partial charge < -0.3 is 10.6 Å². The fourth-order valence-electron chi connectivity index (χ4n) is 3.28. The average Bonchev–Trinajstić information content (AvgIpc) is 3.36. The molecule has 7 nitrogen and oxygen atoms in total. The number of nitrogens with one attached hydrogen (secondary N) is 2. The highest BCUT2D eigenvalue weighted by Gasteiger charge is 2.35. The zero-order valence-electron chi connectivity index (χ0n) is 16.7. The van der Waals surface area contributed by atoms with E-state index in [2.05, 4.69) is 10.6 Å². The Labute approximate surface area is 182 Å². The molecule has 1 aliphatic rings. The molecule has 0 spiro atoms. The van der Waals surface area contributed by atoms with Crippen LogP contribution >= 0.6 is 11.3 Å². The molecule has 0 bridgehead atoms. The number of aryl methyl sites for hydroxylation is 1. The number of hydrogen-bond acceptors (Lipinski definition) is 5. The largest absolute Gasteiger partial charge is 0.326 e. The quantitative estimate of drug-likeness (QED) is 0.576. The van der Waals surface area contributed by atoms with E-state index in [4.69, 9.17) is 0 Å². The summed E-state index contributed by atoms with van der Waals surface area (Å²) in [5.74, 6) is -1.26. The number of imide groups is 1. The molecule has 4 rings (SSSR count). The molecule has 0 unspecified atom stereocenters. The molecule has 156 valence electrons. The molecule has 31 heavy (non-hydrogen) atoms. The van der Waals surface area contributed by atoms with Gasteiger partial charge in [0, 0.05) is 24.3 Å². The standard InChI is InChI=1S/C23H19N3O4S/c1-14-4-9-17-18(13-14)23(30)26(22(17)29)11-10-20(27)24-15-5-7-16(8-6-15)25-21(28)19-3-2-12-31-19/h2-9,12-13H,10-11H2,1H3,(H,24,27)(H,25,28). The lowest BCUT2D eigenvalue weighted by molar-refractivity contribution is -0.116. The molecule has 4 amide bonds. The first-order chi connectivity index (χ1) is 14.9. The SMILES string of the molecule is Cc1ccc2c(c1)C(=O)N(CCC(=O)Nc1ccc(NC(=O)c3cccs3)cc1)C2=O. The number of carbonyl (C=O) groups excluding carboxylic acids is 4. The van der Waals surface area contributed by atoms with Crippen molar-refractivity contribution >= 4 is 46.3 Å². The van der Waals surface area contributed by atoms with Crippen molar-refractivity contribution in [2.24, 2.45) is 0 Å². The number of amides is 4. The Bertz CT molecular complexity index is 1170. The zero-order valence-corrected chi connectivity index (χ0v) is 17.5. The van der Waals surface area contributed by atoms with Crippen LogP contribution in [0.1, 0.15) is 42.4 Å². The van der Waals surface area contributed by atoms with Crippen LogP contribution in [0.4, 0.5) is 11.4 Å². The van der Waals surface area contributed by atoms with Crippen molar-refractivity contribution in [3.63, 3.8) is 0 Å². The zero-order chi connectivity index (χ0) is 22.0. The summed E-state index contributed by atoms with van der Waals surface area (Å²) in [6.07, 6.45) is -0.0126. The minimum absolute atomic E-state index is 0.00613. The van der Waals surface area contributed by atoms with Crippen LogP contribution in [-0.2, 0) is 4.79 Å². The Hall–Kier alpha value is -3.78. The monoisotopic (exact) mass is 433 g/mol. The van der Waals surface area contributed by atoms with Gasteiger partial charge in [-0.3, -0.25) is 24.1 Å². The van der Waals surface area contributed by atoms with Gasteiger partial charge in [-0.25, -0.2) is 0 Å². The van der Waals surface area contributed by atoms with E-state index in [9.17, 15) is 19.2 Å². The van der Waals surface area contributed by atoms with Crippen molar-refractivity contribution in [1.29, 1.82) is 0 Å². The summed E-state index contributed by atoms with van der Waals surface area (Å²) in [6, 6.07) is 15.4. The molecule has 1 aliphatic heterocycles. The summed E-state index contributed by atoms with van der Waals surface area (Å²) in [4.78, 5) is 51.0. The highest BCUT2D eigenvalue weighted by atomic mass is 32.1. The molecule has 0 fully saturated rings. The van der Waals surface area contributed by atoms with Gasteiger partial charge in [0.25, 0.3) is 17.7 Å². The van der Waals surface area contributed by atoms with Crippen molar-refractivity contribution in [3.05, 3.63) is 81.5 Å². The van der Waals surface area contributed by atoms with Crippen LogP contribution in [0.15, 0.2) is 60.0 Å². The molecule has 3 aromatic rings. The van der Waals surface area contributed by atoms with Crippen molar-refractivity contribution < 1.29 is 19.2 Å². The Morgan fingerprint density at radius 1 is 0.903 bits per heavy atom. The first-order valence-electron chi connectivity index (χ1n) is 9.64. The van der Waals surface area contributed by atoms with E-state index in [1.807, 2.05) is 12.3 Å². The number of nitrogens with zero attached hydrogens (tertiary/aromatic N) is 1. The normalized spacial score (nSPS) is 12.6. The van der Waals surface area contributed by atoms with E-state index in [-0.39, 0.29) is 36.6 Å². The number of carbonyl (C=O) groups is 4. The lowest BCUT2D eigenvalue weighted by Gasteiger charge is -2.13. The Morgan fingerprint density at radius 2 is 1.58 bits per heavy atom. The van der Waals surface area contributed by atoms with Gasteiger partial charge in [-0.2, -0.15) is 0 Å². The fourth-order valence-corrected chi connectivity index (χ4v) is 3.90. The number of rotatable bonds is 6. The molecule has 0 saturated carbocycles. The number of fused-ring (bicyclic) bond motifs is 1. The average molecular weight is 433 g/mol. The molecule has 8 heteroatoms. The number of benzene rings is 2. The highest BCUT2D eigenvalue weighted by molar-refractivity contribution is 7.12. The van der Waals surface area contributed by atoms with Crippen LogP contribution in [-0.4, -0.2) is 35.1 Å². The highest BCUT2D eigenvalue weighted by Crippen LogP contribution is 2.24. The van der Waals surface area contributed by atoms with Gasteiger partial charge in [0.15, 0.2) is 0 Å². The first-order valence-corrected chi connectivity index (χ1v) is 10.5. The molecular weight excluding hydrogens is 414 g/mol. The van der Waals surface area contributed by atoms with Crippen LogP contribution in [0.3, 0.4) is 0 Å². The summed E-state index contributed by atoms with van der Waals surface area (Å²) >= 11 is 1.35.